The van der Waals surface area contributed by atoms with E-state index < -0.39 is 5.82 Å². The van der Waals surface area contributed by atoms with Crippen molar-refractivity contribution in [2.45, 2.75) is 0 Å². The van der Waals surface area contributed by atoms with Gasteiger partial charge in [-0.15, -0.1) is 0 Å². The number of hydrogen-bond donors (Lipinski definition) is 1. The van der Waals surface area contributed by atoms with E-state index >= 15 is 0 Å². The maximum absolute atomic E-state index is 13.9. The molecule has 0 spiro atoms. The molecule has 0 radical (unpaired) electrons. The van der Waals surface area contributed by atoms with E-state index in [1.165, 1.54) is 12.1 Å². The Morgan fingerprint density at radius 1 is 1.10 bits per heavy atom. The molecule has 0 aliphatic rings. The Morgan fingerprint density at radius 2 is 1.85 bits per heavy atom. The molecule has 2 N–H and O–H groups in total. The zero-order valence-corrected chi connectivity index (χ0v) is 10.9. The van der Waals surface area contributed by atoms with Crippen LogP contribution in [0.2, 0.25) is 5.02 Å². The van der Waals surface area contributed by atoms with Crippen LogP contribution in [-0.4, -0.2) is 10.1 Å². The zero-order chi connectivity index (χ0) is 14.1. The number of nitrogens with two attached hydrogens (primary N) is 1. The monoisotopic (exact) mass is 289 g/mol. The summed E-state index contributed by atoms with van der Waals surface area (Å²) < 4.78 is 19.0. The van der Waals surface area contributed by atoms with Crippen LogP contribution in [0.15, 0.2) is 47.0 Å². The summed E-state index contributed by atoms with van der Waals surface area (Å²) in [5, 5.41) is 3.84. The molecule has 3 rings (SSSR count). The van der Waals surface area contributed by atoms with Crippen molar-refractivity contribution in [3.05, 3.63) is 53.3 Å². The number of nitrogen functional groups attached to an aromatic ring is 1. The molecule has 20 heavy (non-hydrogen) atoms. The molecule has 0 aliphatic carbocycles. The highest BCUT2D eigenvalue weighted by Crippen LogP contribution is 2.28. The lowest BCUT2D eigenvalue weighted by Crippen LogP contribution is -1.87. The normalized spacial score (nSPS) is 10.7. The van der Waals surface area contributed by atoms with Gasteiger partial charge in [-0.05, 0) is 36.4 Å². The molecule has 4 nitrogen and oxygen atoms in total. The zero-order valence-electron chi connectivity index (χ0n) is 10.2. The van der Waals surface area contributed by atoms with Crippen molar-refractivity contribution in [2.24, 2.45) is 0 Å². The molecule has 0 aliphatic heterocycles. The minimum atomic E-state index is -0.582. The lowest BCUT2D eigenvalue weighted by molar-refractivity contribution is 0.429. The van der Waals surface area contributed by atoms with Gasteiger partial charge in [-0.3, -0.25) is 0 Å². The molecular weight excluding hydrogens is 281 g/mol. The summed E-state index contributed by atoms with van der Waals surface area (Å²) >= 11 is 5.73. The van der Waals surface area contributed by atoms with Crippen molar-refractivity contribution >= 4 is 17.3 Å². The van der Waals surface area contributed by atoms with Crippen LogP contribution in [0.25, 0.3) is 22.8 Å². The van der Waals surface area contributed by atoms with Gasteiger partial charge in [0.15, 0.2) is 5.82 Å². The maximum atomic E-state index is 13.9. The molecule has 0 unspecified atom stereocenters. The van der Waals surface area contributed by atoms with Gasteiger partial charge in [-0.1, -0.05) is 22.8 Å². The quantitative estimate of drug-likeness (QED) is 0.729. The van der Waals surface area contributed by atoms with Crippen molar-refractivity contribution in [2.75, 3.05) is 5.73 Å². The van der Waals surface area contributed by atoms with Gasteiger partial charge in [0.05, 0.1) is 10.6 Å². The minimum absolute atomic E-state index is 0.00901. The molecule has 0 atom stereocenters. The number of halogens is 2. The molecular formula is C14H9ClFN3O. The van der Waals surface area contributed by atoms with E-state index in [0.717, 1.165) is 5.56 Å². The summed E-state index contributed by atoms with van der Waals surface area (Å²) in [6.45, 7) is 0. The van der Waals surface area contributed by atoms with Crippen LogP contribution >= 0.6 is 11.6 Å². The molecule has 6 heteroatoms. The van der Waals surface area contributed by atoms with Crippen molar-refractivity contribution < 1.29 is 8.91 Å². The topological polar surface area (TPSA) is 64.9 Å². The van der Waals surface area contributed by atoms with Crippen LogP contribution in [-0.2, 0) is 0 Å². The first-order chi connectivity index (χ1) is 9.65. The average Bonchev–Trinajstić information content (AvgIpc) is 2.92. The van der Waals surface area contributed by atoms with E-state index in [9.17, 15) is 4.39 Å². The van der Waals surface area contributed by atoms with Crippen LogP contribution in [0.1, 0.15) is 0 Å². The lowest BCUT2D eigenvalue weighted by Gasteiger charge is -1.98. The van der Waals surface area contributed by atoms with Gasteiger partial charge >= 0.3 is 0 Å². The lowest BCUT2D eigenvalue weighted by atomic mass is 10.2. The molecule has 2 aromatic carbocycles. The fraction of sp³-hybridized carbons (Fsp3) is 0. The largest absolute Gasteiger partial charge is 0.399 e. The van der Waals surface area contributed by atoms with Gasteiger partial charge in [0.1, 0.15) is 0 Å². The Bertz CT molecular complexity index is 755. The second kappa shape index (κ2) is 4.94. The minimum Gasteiger partial charge on any atom is -0.399 e. The van der Waals surface area contributed by atoms with Crippen molar-refractivity contribution in [1.29, 1.82) is 0 Å². The molecule has 1 heterocycles. The number of aromatic nitrogens is 2. The second-order valence-corrected chi connectivity index (χ2v) is 4.55. The molecule has 0 fully saturated rings. The van der Waals surface area contributed by atoms with Gasteiger partial charge < -0.3 is 10.3 Å². The van der Waals surface area contributed by atoms with E-state index in [1.54, 1.807) is 30.3 Å². The summed E-state index contributed by atoms with van der Waals surface area (Å²) in [7, 11) is 0. The Morgan fingerprint density at radius 3 is 2.60 bits per heavy atom. The first kappa shape index (κ1) is 12.6. The van der Waals surface area contributed by atoms with Crippen LogP contribution in [0, 0.1) is 5.82 Å². The van der Waals surface area contributed by atoms with Gasteiger partial charge in [0.25, 0.3) is 5.89 Å². The third kappa shape index (κ3) is 2.23. The summed E-state index contributed by atoms with van der Waals surface area (Å²) in [4.78, 5) is 4.17. The Kier molecular flexibility index (Phi) is 3.12. The summed E-state index contributed by atoms with van der Waals surface area (Å²) in [5.41, 5.74) is 7.15. The first-order valence-corrected chi connectivity index (χ1v) is 6.17. The number of anilines is 1. The van der Waals surface area contributed by atoms with Crippen molar-refractivity contribution in [3.8, 4) is 22.8 Å². The van der Waals surface area contributed by atoms with Crippen LogP contribution in [0.4, 0.5) is 10.1 Å². The standard InChI is InChI=1S/C14H9ClFN3O/c15-11-3-1-2-10(12(11)16)14-18-13(19-20-14)8-4-6-9(17)7-5-8/h1-7H,17H2. The van der Waals surface area contributed by atoms with Crippen LogP contribution < -0.4 is 5.73 Å². The number of benzene rings is 2. The highest BCUT2D eigenvalue weighted by atomic mass is 35.5. The predicted octanol–water partition coefficient (Wildman–Crippen LogP) is 3.78. The number of hydrogen-bond acceptors (Lipinski definition) is 4. The SMILES string of the molecule is Nc1ccc(-c2noc(-c3cccc(Cl)c3F)n2)cc1. The Hall–Kier alpha value is -2.40. The molecule has 0 saturated heterocycles. The molecule has 0 saturated carbocycles. The Labute approximate surface area is 119 Å². The second-order valence-electron chi connectivity index (χ2n) is 4.15. The summed E-state index contributed by atoms with van der Waals surface area (Å²) in [6.07, 6.45) is 0. The number of rotatable bonds is 2. The van der Waals surface area contributed by atoms with Gasteiger partial charge in [-0.2, -0.15) is 4.98 Å². The van der Waals surface area contributed by atoms with E-state index in [1.807, 2.05) is 0 Å². The third-order valence-corrected chi connectivity index (χ3v) is 3.07. The highest BCUT2D eigenvalue weighted by Gasteiger charge is 2.15. The smallest absolute Gasteiger partial charge is 0.261 e. The third-order valence-electron chi connectivity index (χ3n) is 2.78. The van der Waals surface area contributed by atoms with Gasteiger partial charge in [0, 0.05) is 11.3 Å². The van der Waals surface area contributed by atoms with Crippen LogP contribution in [0.3, 0.4) is 0 Å². The Balaban J connectivity index is 2.02. The van der Waals surface area contributed by atoms with Gasteiger partial charge in [-0.25, -0.2) is 4.39 Å². The molecule has 0 bridgehead atoms. The summed E-state index contributed by atoms with van der Waals surface area (Å²) in [5.74, 6) is -0.141. The maximum Gasteiger partial charge on any atom is 0.261 e. The van der Waals surface area contributed by atoms with Crippen molar-refractivity contribution in [3.63, 3.8) is 0 Å². The highest BCUT2D eigenvalue weighted by molar-refractivity contribution is 6.31. The fourth-order valence-electron chi connectivity index (χ4n) is 1.75. The van der Waals surface area contributed by atoms with E-state index in [2.05, 4.69) is 10.1 Å². The molecule has 1 aromatic heterocycles. The first-order valence-electron chi connectivity index (χ1n) is 5.79. The van der Waals surface area contributed by atoms with E-state index in [4.69, 9.17) is 21.9 Å². The molecule has 3 aromatic rings. The van der Waals surface area contributed by atoms with Crippen molar-refractivity contribution in [1.82, 2.24) is 10.1 Å². The van der Waals surface area contributed by atoms with E-state index in [0.29, 0.717) is 11.5 Å². The predicted molar refractivity (Wildman–Crippen MR) is 74.6 cm³/mol. The number of nitrogens with zero attached hydrogens (tertiary/aromatic N) is 2. The van der Waals surface area contributed by atoms with E-state index in [-0.39, 0.29) is 16.5 Å². The average molecular weight is 290 g/mol. The molecule has 0 amide bonds. The molecule has 100 valence electrons. The fourth-order valence-corrected chi connectivity index (χ4v) is 1.93. The van der Waals surface area contributed by atoms with Crippen LogP contribution in [0.5, 0.6) is 0 Å². The summed E-state index contributed by atoms with van der Waals surface area (Å²) in [6, 6.07) is 11.6. The van der Waals surface area contributed by atoms with Gasteiger partial charge in [0.2, 0.25) is 5.82 Å².